The number of piperidine rings is 1. The van der Waals surface area contributed by atoms with Crippen LogP contribution in [0, 0.1) is 6.92 Å². The first-order chi connectivity index (χ1) is 15.3. The van der Waals surface area contributed by atoms with Crippen LogP contribution < -0.4 is 10.6 Å². The highest BCUT2D eigenvalue weighted by Crippen LogP contribution is 2.30. The number of benzene rings is 1. The second kappa shape index (κ2) is 12.4. The van der Waals surface area contributed by atoms with E-state index in [1.54, 1.807) is 12.1 Å². The molecular formula is C22H31F3IN7. The third-order valence-electron chi connectivity index (χ3n) is 5.56. The molecule has 33 heavy (non-hydrogen) atoms. The molecule has 2 heterocycles. The molecule has 0 amide bonds. The minimum atomic E-state index is -4.31. The molecule has 0 bridgehead atoms. The van der Waals surface area contributed by atoms with Crippen molar-refractivity contribution >= 4 is 29.9 Å². The minimum Gasteiger partial charge on any atom is -0.354 e. The summed E-state index contributed by atoms with van der Waals surface area (Å²) in [6.45, 7) is 8.72. The Morgan fingerprint density at radius 3 is 2.61 bits per heavy atom. The highest BCUT2D eigenvalue weighted by Gasteiger charge is 2.30. The lowest BCUT2D eigenvalue weighted by molar-refractivity contribution is -0.137. The van der Waals surface area contributed by atoms with E-state index in [1.807, 2.05) is 18.5 Å². The van der Waals surface area contributed by atoms with Crippen LogP contribution in [0.25, 0.3) is 0 Å². The number of alkyl halides is 3. The fourth-order valence-electron chi connectivity index (χ4n) is 3.59. The van der Waals surface area contributed by atoms with Crippen molar-refractivity contribution in [2.75, 3.05) is 19.6 Å². The number of hydrogen-bond acceptors (Lipinski definition) is 4. The van der Waals surface area contributed by atoms with Crippen LogP contribution in [-0.2, 0) is 26.3 Å². The van der Waals surface area contributed by atoms with Gasteiger partial charge in [-0.05, 0) is 31.4 Å². The summed E-state index contributed by atoms with van der Waals surface area (Å²) in [5.74, 6) is 2.29. The molecule has 0 spiro atoms. The van der Waals surface area contributed by atoms with E-state index in [2.05, 4.69) is 37.3 Å². The largest absolute Gasteiger partial charge is 0.416 e. The molecule has 2 aromatic rings. The number of nitrogens with zero attached hydrogens (tertiary/aromatic N) is 5. The average molecular weight is 577 g/mol. The van der Waals surface area contributed by atoms with Gasteiger partial charge in [-0.2, -0.15) is 13.2 Å². The van der Waals surface area contributed by atoms with E-state index in [1.165, 1.54) is 12.1 Å². The van der Waals surface area contributed by atoms with Crippen molar-refractivity contribution in [3.05, 3.63) is 59.7 Å². The van der Waals surface area contributed by atoms with Crippen LogP contribution in [0.2, 0.25) is 0 Å². The Kier molecular flexibility index (Phi) is 10.1. The van der Waals surface area contributed by atoms with Gasteiger partial charge in [0.1, 0.15) is 12.4 Å². The van der Waals surface area contributed by atoms with E-state index in [-0.39, 0.29) is 30.0 Å². The van der Waals surface area contributed by atoms with Crippen molar-refractivity contribution in [1.29, 1.82) is 0 Å². The predicted octanol–water partition coefficient (Wildman–Crippen LogP) is 3.65. The smallest absolute Gasteiger partial charge is 0.354 e. The standard InChI is InChI=1S/C22H30F3N7.HI/c1-4-10-26-21(27-14-20-30-29-16(2)31(20)3)28-19-8-11-32(12-9-19)15-17-6-5-7-18(13-17)22(23,24)25;/h4-7,13,19H,1,8-12,14-15H2,2-3H3,(H2,26,27,28);1H. The zero-order valence-electron chi connectivity index (χ0n) is 18.9. The zero-order chi connectivity index (χ0) is 23.1. The monoisotopic (exact) mass is 577 g/mol. The quantitative estimate of drug-likeness (QED) is 0.228. The highest BCUT2D eigenvalue weighted by molar-refractivity contribution is 14.0. The van der Waals surface area contributed by atoms with Gasteiger partial charge >= 0.3 is 6.18 Å². The maximum atomic E-state index is 12.9. The molecule has 1 fully saturated rings. The zero-order valence-corrected chi connectivity index (χ0v) is 21.2. The second-order valence-electron chi connectivity index (χ2n) is 7.95. The Hall–Kier alpha value is -2.15. The van der Waals surface area contributed by atoms with E-state index in [0.29, 0.717) is 31.2 Å². The molecule has 182 valence electrons. The summed E-state index contributed by atoms with van der Waals surface area (Å²) in [7, 11) is 1.91. The molecule has 0 aliphatic carbocycles. The van der Waals surface area contributed by atoms with Crippen molar-refractivity contribution < 1.29 is 13.2 Å². The number of rotatable bonds is 7. The lowest BCUT2D eigenvalue weighted by atomic mass is 10.0. The average Bonchev–Trinajstić information content (AvgIpc) is 3.08. The van der Waals surface area contributed by atoms with Gasteiger partial charge in [0.25, 0.3) is 0 Å². The van der Waals surface area contributed by atoms with Crippen LogP contribution in [0.5, 0.6) is 0 Å². The van der Waals surface area contributed by atoms with Crippen LogP contribution in [0.3, 0.4) is 0 Å². The van der Waals surface area contributed by atoms with Crippen molar-refractivity contribution in [3.63, 3.8) is 0 Å². The number of aryl methyl sites for hydroxylation is 1. The van der Waals surface area contributed by atoms with Crippen molar-refractivity contribution in [3.8, 4) is 0 Å². The first-order valence-electron chi connectivity index (χ1n) is 10.7. The number of nitrogens with one attached hydrogen (secondary N) is 2. The first-order valence-corrected chi connectivity index (χ1v) is 10.7. The molecule has 1 aromatic carbocycles. The van der Waals surface area contributed by atoms with Crippen LogP contribution in [0.4, 0.5) is 13.2 Å². The highest BCUT2D eigenvalue weighted by atomic mass is 127. The van der Waals surface area contributed by atoms with Crippen LogP contribution >= 0.6 is 24.0 Å². The van der Waals surface area contributed by atoms with Crippen LogP contribution in [-0.4, -0.2) is 51.3 Å². The van der Waals surface area contributed by atoms with E-state index in [9.17, 15) is 13.2 Å². The van der Waals surface area contributed by atoms with Crippen LogP contribution in [0.15, 0.2) is 41.9 Å². The topological polar surface area (TPSA) is 70.4 Å². The third kappa shape index (κ3) is 7.98. The van der Waals surface area contributed by atoms with Crippen molar-refractivity contribution in [2.24, 2.45) is 12.0 Å². The molecule has 0 atom stereocenters. The van der Waals surface area contributed by atoms with Gasteiger partial charge in [0.15, 0.2) is 11.8 Å². The molecule has 1 aliphatic rings. The summed E-state index contributed by atoms with van der Waals surface area (Å²) in [5.41, 5.74) is 0.0823. The van der Waals surface area contributed by atoms with E-state index >= 15 is 0 Å². The minimum absolute atomic E-state index is 0. The molecular weight excluding hydrogens is 546 g/mol. The molecule has 1 aromatic heterocycles. The maximum Gasteiger partial charge on any atom is 0.416 e. The summed E-state index contributed by atoms with van der Waals surface area (Å²) >= 11 is 0. The molecule has 3 rings (SSSR count). The Bertz CT molecular complexity index is 934. The molecule has 1 aliphatic heterocycles. The number of likely N-dealkylation sites (tertiary alicyclic amines) is 1. The lowest BCUT2D eigenvalue weighted by Crippen LogP contribution is -2.48. The predicted molar refractivity (Wildman–Crippen MR) is 133 cm³/mol. The van der Waals surface area contributed by atoms with Gasteiger partial charge in [-0.25, -0.2) is 4.99 Å². The van der Waals surface area contributed by atoms with Crippen molar-refractivity contribution in [1.82, 2.24) is 30.3 Å². The maximum absolute atomic E-state index is 12.9. The lowest BCUT2D eigenvalue weighted by Gasteiger charge is -2.33. The van der Waals surface area contributed by atoms with Gasteiger partial charge in [0.2, 0.25) is 0 Å². The van der Waals surface area contributed by atoms with Gasteiger partial charge in [-0.15, -0.1) is 40.8 Å². The summed E-state index contributed by atoms with van der Waals surface area (Å²) < 4.78 is 40.7. The summed E-state index contributed by atoms with van der Waals surface area (Å²) in [6.07, 6.45) is -0.806. The first kappa shape index (κ1) is 27.1. The van der Waals surface area contributed by atoms with E-state index in [4.69, 9.17) is 0 Å². The second-order valence-corrected chi connectivity index (χ2v) is 7.95. The fraction of sp³-hybridized carbons (Fsp3) is 0.500. The number of halogens is 4. The van der Waals surface area contributed by atoms with E-state index in [0.717, 1.165) is 43.6 Å². The van der Waals surface area contributed by atoms with E-state index < -0.39 is 11.7 Å². The van der Waals surface area contributed by atoms with Gasteiger partial charge < -0.3 is 15.2 Å². The molecule has 1 saturated heterocycles. The Labute approximate surface area is 209 Å². The molecule has 0 unspecified atom stereocenters. The third-order valence-corrected chi connectivity index (χ3v) is 5.56. The van der Waals surface area contributed by atoms with Gasteiger partial charge in [-0.3, -0.25) is 4.90 Å². The number of aliphatic imine (C=N–C) groups is 1. The SMILES string of the molecule is C=CCNC(=NCc1nnc(C)n1C)NC1CCN(Cc2cccc(C(F)(F)F)c2)CC1.I. The van der Waals surface area contributed by atoms with Gasteiger partial charge in [0.05, 0.1) is 5.56 Å². The van der Waals surface area contributed by atoms with Gasteiger partial charge in [-0.1, -0.05) is 24.3 Å². The normalized spacial score (nSPS) is 15.7. The molecule has 0 saturated carbocycles. The Balaban J connectivity index is 0.00000385. The Morgan fingerprint density at radius 2 is 2.00 bits per heavy atom. The molecule has 2 N–H and O–H groups in total. The summed E-state index contributed by atoms with van der Waals surface area (Å²) in [4.78, 5) is 6.81. The molecule has 7 nitrogen and oxygen atoms in total. The number of aromatic nitrogens is 3. The summed E-state index contributed by atoms with van der Waals surface area (Å²) in [6, 6.07) is 5.79. The summed E-state index contributed by atoms with van der Waals surface area (Å²) in [5, 5.41) is 14.9. The Morgan fingerprint density at radius 1 is 1.27 bits per heavy atom. The number of guanidine groups is 1. The molecule has 0 radical (unpaired) electrons. The molecule has 11 heteroatoms. The van der Waals surface area contributed by atoms with Crippen molar-refractivity contribution in [2.45, 2.75) is 45.1 Å². The fourth-order valence-corrected chi connectivity index (χ4v) is 3.59. The van der Waals surface area contributed by atoms with Gasteiger partial charge in [0, 0.05) is 39.3 Å². The van der Waals surface area contributed by atoms with Crippen LogP contribution in [0.1, 0.15) is 35.6 Å². The number of hydrogen-bond donors (Lipinski definition) is 2.